The lowest BCUT2D eigenvalue weighted by atomic mass is 10.1. The van der Waals surface area contributed by atoms with E-state index < -0.39 is 36.0 Å². The van der Waals surface area contributed by atoms with Gasteiger partial charge in [-0.3, -0.25) is 14.4 Å². The quantitative estimate of drug-likeness (QED) is 0.339. The van der Waals surface area contributed by atoms with Crippen LogP contribution < -0.4 is 27.0 Å². The van der Waals surface area contributed by atoms with Crippen LogP contribution in [0, 0.1) is 0 Å². The molecule has 2 amide bonds. The summed E-state index contributed by atoms with van der Waals surface area (Å²) >= 11 is 0. The van der Waals surface area contributed by atoms with Gasteiger partial charge in [0.15, 0.2) is 5.96 Å². The van der Waals surface area contributed by atoms with Crippen molar-refractivity contribution in [3.63, 3.8) is 0 Å². The molecule has 0 saturated heterocycles. The van der Waals surface area contributed by atoms with Crippen LogP contribution in [0.5, 0.6) is 0 Å². The Morgan fingerprint density at radius 2 is 2.14 bits per heavy atom. The third kappa shape index (κ3) is 7.54. The SMILES string of the molecule is CC(NC(=O)c1cccc(NC2=NCC(F)CN2)c1)C(=O)NCC(N)C(=O)O.Cl. The molecule has 160 valence electrons. The number of carbonyl (C=O) groups is 3. The molecule has 0 spiro atoms. The Labute approximate surface area is 172 Å². The lowest BCUT2D eigenvalue weighted by Crippen LogP contribution is -2.49. The number of benzene rings is 1. The van der Waals surface area contributed by atoms with Crippen LogP contribution in [0.15, 0.2) is 29.3 Å². The van der Waals surface area contributed by atoms with Crippen LogP contribution in [0.25, 0.3) is 0 Å². The molecule has 0 aliphatic carbocycles. The number of alkyl halides is 1. The molecule has 10 nitrogen and oxygen atoms in total. The maximum Gasteiger partial charge on any atom is 0.322 e. The molecule has 12 heteroatoms. The second-order valence-electron chi connectivity index (χ2n) is 6.26. The molecule has 0 aromatic heterocycles. The van der Waals surface area contributed by atoms with Crippen LogP contribution in [0.2, 0.25) is 0 Å². The summed E-state index contributed by atoms with van der Waals surface area (Å²) in [5.74, 6) is -1.87. The van der Waals surface area contributed by atoms with E-state index in [1.807, 2.05) is 0 Å². The predicted molar refractivity (Wildman–Crippen MR) is 108 cm³/mol. The highest BCUT2D eigenvalue weighted by Gasteiger charge is 2.19. The van der Waals surface area contributed by atoms with E-state index in [1.165, 1.54) is 6.92 Å². The Morgan fingerprint density at radius 1 is 1.41 bits per heavy atom. The molecule has 7 N–H and O–H groups in total. The second kappa shape index (κ2) is 11.2. The van der Waals surface area contributed by atoms with Crippen LogP contribution in [-0.2, 0) is 9.59 Å². The third-order valence-corrected chi connectivity index (χ3v) is 3.88. The van der Waals surface area contributed by atoms with Gasteiger partial charge in [-0.2, -0.15) is 0 Å². The summed E-state index contributed by atoms with van der Waals surface area (Å²) in [4.78, 5) is 39.0. The van der Waals surface area contributed by atoms with E-state index in [1.54, 1.807) is 24.3 Å². The fourth-order valence-electron chi connectivity index (χ4n) is 2.27. The minimum absolute atomic E-state index is 0. The van der Waals surface area contributed by atoms with Gasteiger partial charge in [-0.1, -0.05) is 6.07 Å². The van der Waals surface area contributed by atoms with Gasteiger partial charge in [0.05, 0.1) is 13.1 Å². The molecule has 1 aliphatic rings. The number of amides is 2. The molecule has 29 heavy (non-hydrogen) atoms. The van der Waals surface area contributed by atoms with Crippen molar-refractivity contribution in [2.45, 2.75) is 25.2 Å². The van der Waals surface area contributed by atoms with Crippen molar-refractivity contribution >= 4 is 41.8 Å². The minimum atomic E-state index is -1.24. The zero-order chi connectivity index (χ0) is 20.7. The van der Waals surface area contributed by atoms with Crippen LogP contribution in [0.4, 0.5) is 10.1 Å². The molecule has 1 aromatic rings. The first-order valence-corrected chi connectivity index (χ1v) is 8.62. The monoisotopic (exact) mass is 430 g/mol. The number of anilines is 1. The number of nitrogens with one attached hydrogen (secondary N) is 4. The van der Waals surface area contributed by atoms with E-state index in [0.717, 1.165) is 0 Å². The number of hydrogen-bond acceptors (Lipinski definition) is 7. The summed E-state index contributed by atoms with van der Waals surface area (Å²) in [5, 5.41) is 19.3. The van der Waals surface area contributed by atoms with E-state index in [0.29, 0.717) is 17.2 Å². The number of carbonyl (C=O) groups excluding carboxylic acids is 2. The molecule has 1 aliphatic heterocycles. The second-order valence-corrected chi connectivity index (χ2v) is 6.26. The number of halogens is 2. The Hall–Kier alpha value is -2.92. The Bertz CT molecular complexity index is 778. The predicted octanol–water partition coefficient (Wildman–Crippen LogP) is -0.536. The molecule has 2 rings (SSSR count). The number of hydrogen-bond donors (Lipinski definition) is 6. The highest BCUT2D eigenvalue weighted by Crippen LogP contribution is 2.11. The fraction of sp³-hybridized carbons (Fsp3) is 0.412. The Morgan fingerprint density at radius 3 is 2.76 bits per heavy atom. The summed E-state index contributed by atoms with van der Waals surface area (Å²) in [7, 11) is 0. The van der Waals surface area contributed by atoms with Crippen molar-refractivity contribution in [3.05, 3.63) is 29.8 Å². The fourth-order valence-corrected chi connectivity index (χ4v) is 2.27. The zero-order valence-corrected chi connectivity index (χ0v) is 16.5. The number of nitrogens with zero attached hydrogens (tertiary/aromatic N) is 1. The summed E-state index contributed by atoms with van der Waals surface area (Å²) in [6.45, 7) is 1.44. The lowest BCUT2D eigenvalue weighted by molar-refractivity contribution is -0.138. The molecule has 3 atom stereocenters. The van der Waals surface area contributed by atoms with Crippen LogP contribution in [-0.4, -0.2) is 66.7 Å². The van der Waals surface area contributed by atoms with E-state index >= 15 is 0 Å². The highest BCUT2D eigenvalue weighted by atomic mass is 35.5. The topological polar surface area (TPSA) is 158 Å². The summed E-state index contributed by atoms with van der Waals surface area (Å²) in [6.07, 6.45) is -1.03. The molecule has 0 fully saturated rings. The zero-order valence-electron chi connectivity index (χ0n) is 15.6. The van der Waals surface area contributed by atoms with E-state index in [4.69, 9.17) is 10.8 Å². The summed E-state index contributed by atoms with van der Waals surface area (Å²) < 4.78 is 13.1. The maximum absolute atomic E-state index is 13.1. The Kier molecular flexibility index (Phi) is 9.29. The molecule has 0 saturated carbocycles. The lowest BCUT2D eigenvalue weighted by Gasteiger charge is -2.19. The van der Waals surface area contributed by atoms with Crippen molar-refractivity contribution in [2.75, 3.05) is 25.0 Å². The normalized spacial score (nSPS) is 17.5. The molecule has 0 radical (unpaired) electrons. The van der Waals surface area contributed by atoms with Crippen LogP contribution in [0.3, 0.4) is 0 Å². The summed E-state index contributed by atoms with van der Waals surface area (Å²) in [5.41, 5.74) is 6.18. The highest BCUT2D eigenvalue weighted by molar-refractivity contribution is 6.00. The smallest absolute Gasteiger partial charge is 0.322 e. The van der Waals surface area contributed by atoms with Gasteiger partial charge >= 0.3 is 5.97 Å². The van der Waals surface area contributed by atoms with Gasteiger partial charge in [0.25, 0.3) is 5.91 Å². The number of nitrogens with two attached hydrogens (primary N) is 1. The molecule has 1 heterocycles. The Balaban J connectivity index is 0.00000420. The number of carboxylic acid groups (broad SMARTS) is 1. The van der Waals surface area contributed by atoms with Gasteiger partial charge in [0.1, 0.15) is 18.3 Å². The first-order valence-electron chi connectivity index (χ1n) is 8.62. The molecular weight excluding hydrogens is 407 g/mol. The van der Waals surface area contributed by atoms with Crippen molar-refractivity contribution in [1.29, 1.82) is 0 Å². The number of rotatable bonds is 7. The van der Waals surface area contributed by atoms with E-state index in [-0.39, 0.29) is 32.0 Å². The van der Waals surface area contributed by atoms with Crippen molar-refractivity contribution in [2.24, 2.45) is 10.7 Å². The average molecular weight is 431 g/mol. The van der Waals surface area contributed by atoms with E-state index in [9.17, 15) is 18.8 Å². The number of guanidine groups is 1. The molecule has 0 bridgehead atoms. The molecular formula is C17H24ClFN6O4. The van der Waals surface area contributed by atoms with Crippen molar-refractivity contribution in [3.8, 4) is 0 Å². The van der Waals surface area contributed by atoms with Crippen molar-refractivity contribution in [1.82, 2.24) is 16.0 Å². The molecule has 1 aromatic carbocycles. The largest absolute Gasteiger partial charge is 0.480 e. The van der Waals surface area contributed by atoms with E-state index in [2.05, 4.69) is 26.3 Å². The molecule has 3 unspecified atom stereocenters. The van der Waals surface area contributed by atoms with Gasteiger partial charge in [-0.25, -0.2) is 9.38 Å². The standard InChI is InChI=1S/C17H23FN6O4.ClH/c1-9(14(25)20-8-13(19)16(27)28)23-15(26)10-3-2-4-12(5-10)24-17-21-6-11(18)7-22-17;/h2-5,9,11,13H,6-8,19H2,1H3,(H,20,25)(H,23,26)(H,27,28)(H2,21,22,24);1H. The van der Waals surface area contributed by atoms with Gasteiger partial charge in [-0.05, 0) is 25.1 Å². The van der Waals surface area contributed by atoms with Gasteiger partial charge in [0, 0.05) is 17.8 Å². The minimum Gasteiger partial charge on any atom is -0.480 e. The first kappa shape index (κ1) is 24.1. The van der Waals surface area contributed by atoms with Crippen LogP contribution >= 0.6 is 12.4 Å². The van der Waals surface area contributed by atoms with Crippen molar-refractivity contribution < 1.29 is 23.9 Å². The van der Waals surface area contributed by atoms with Gasteiger partial charge in [0.2, 0.25) is 5.91 Å². The van der Waals surface area contributed by atoms with Gasteiger partial charge in [-0.15, -0.1) is 12.4 Å². The maximum atomic E-state index is 13.1. The first-order chi connectivity index (χ1) is 13.3. The van der Waals surface area contributed by atoms with Crippen LogP contribution in [0.1, 0.15) is 17.3 Å². The average Bonchev–Trinajstić information content (AvgIpc) is 2.67. The number of aliphatic imine (C=N–C) groups is 1. The number of aliphatic carboxylic acids is 1. The third-order valence-electron chi connectivity index (χ3n) is 3.88. The summed E-state index contributed by atoms with van der Waals surface area (Å²) in [6, 6.07) is 4.38. The van der Waals surface area contributed by atoms with Gasteiger partial charge < -0.3 is 32.1 Å². The number of carboxylic acids is 1.